The van der Waals surface area contributed by atoms with Crippen molar-refractivity contribution in [1.29, 1.82) is 0 Å². The van der Waals surface area contributed by atoms with Crippen LogP contribution in [0.15, 0.2) is 47.5 Å². The Hall–Kier alpha value is -2.12. The smallest absolute Gasteiger partial charge is 0.161 e. The third-order valence-corrected chi connectivity index (χ3v) is 7.72. The molecule has 188 valence electrons. The first kappa shape index (κ1) is 24.6. The van der Waals surface area contributed by atoms with E-state index in [2.05, 4.69) is 28.9 Å². The molecule has 7 heteroatoms. The van der Waals surface area contributed by atoms with Crippen LogP contribution in [0.4, 0.5) is 0 Å². The van der Waals surface area contributed by atoms with Gasteiger partial charge in [-0.05, 0) is 81.2 Å². The third kappa shape index (κ3) is 6.18. The Morgan fingerprint density at radius 1 is 1.03 bits per heavy atom. The van der Waals surface area contributed by atoms with Gasteiger partial charge in [0.1, 0.15) is 19.3 Å². The van der Waals surface area contributed by atoms with Crippen molar-refractivity contribution in [2.45, 2.75) is 44.9 Å². The molecule has 3 unspecified atom stereocenters. The quantitative estimate of drug-likeness (QED) is 0.540. The van der Waals surface area contributed by atoms with Crippen molar-refractivity contribution in [2.75, 3.05) is 45.9 Å². The molecule has 1 N–H and O–H groups in total. The van der Waals surface area contributed by atoms with E-state index in [4.69, 9.17) is 26.1 Å². The molecule has 6 nitrogen and oxygen atoms in total. The van der Waals surface area contributed by atoms with Crippen LogP contribution in [0.1, 0.15) is 43.4 Å². The van der Waals surface area contributed by atoms with Crippen LogP contribution in [0.3, 0.4) is 0 Å². The molecule has 0 radical (unpaired) electrons. The Morgan fingerprint density at radius 3 is 2.54 bits per heavy atom. The number of aliphatic hydroxyl groups is 1. The molecule has 3 aliphatic rings. The molecule has 35 heavy (non-hydrogen) atoms. The van der Waals surface area contributed by atoms with Gasteiger partial charge in [0.25, 0.3) is 0 Å². The second-order valence-corrected chi connectivity index (χ2v) is 10.5. The van der Waals surface area contributed by atoms with Crippen LogP contribution in [0.5, 0.6) is 11.5 Å². The monoisotopic (exact) mass is 497 g/mol. The summed E-state index contributed by atoms with van der Waals surface area (Å²) >= 11 is 6.04. The van der Waals surface area contributed by atoms with Crippen molar-refractivity contribution in [3.63, 3.8) is 0 Å². The molecule has 0 amide bonds. The van der Waals surface area contributed by atoms with E-state index < -0.39 is 6.10 Å². The van der Waals surface area contributed by atoms with Gasteiger partial charge in [-0.3, -0.25) is 9.89 Å². The van der Waals surface area contributed by atoms with Gasteiger partial charge in [-0.15, -0.1) is 0 Å². The Labute approximate surface area is 213 Å². The number of hydrogen-bond donors (Lipinski definition) is 1. The first-order valence-corrected chi connectivity index (χ1v) is 13.2. The van der Waals surface area contributed by atoms with E-state index in [9.17, 15) is 5.11 Å². The maximum Gasteiger partial charge on any atom is 0.161 e. The highest BCUT2D eigenvalue weighted by Crippen LogP contribution is 2.34. The van der Waals surface area contributed by atoms with Crippen LogP contribution in [0, 0.1) is 5.92 Å². The molecule has 0 aromatic heterocycles. The Bertz CT molecular complexity index is 1020. The fourth-order valence-corrected chi connectivity index (χ4v) is 5.57. The number of aliphatic imine (C=N–C) groups is 1. The number of fused-ring (bicyclic) bond motifs is 1. The van der Waals surface area contributed by atoms with Crippen molar-refractivity contribution < 1.29 is 14.6 Å². The van der Waals surface area contributed by atoms with Gasteiger partial charge in [0.2, 0.25) is 0 Å². The SMILES string of the molecule is CC(=NC(CN1CCCC1)C(O)c1ccc2c(c1)OCCO2)C1CCN(Cc2ccc(Cl)cc2)C1. The first-order chi connectivity index (χ1) is 17.0. The number of ether oxygens (including phenoxy) is 2. The Balaban J connectivity index is 1.29. The minimum absolute atomic E-state index is 0.207. The zero-order valence-corrected chi connectivity index (χ0v) is 21.3. The molecule has 0 bridgehead atoms. The highest BCUT2D eigenvalue weighted by Gasteiger charge is 2.29. The second-order valence-electron chi connectivity index (χ2n) is 10.0. The van der Waals surface area contributed by atoms with Crippen LogP contribution >= 0.6 is 11.6 Å². The van der Waals surface area contributed by atoms with Crippen molar-refractivity contribution in [1.82, 2.24) is 9.80 Å². The summed E-state index contributed by atoms with van der Waals surface area (Å²) in [7, 11) is 0. The standard InChI is InChI=1S/C28H36ClN3O3/c1-20(23-10-13-32(18-23)17-21-4-7-24(29)8-5-21)30-25(19-31-11-2-3-12-31)28(33)22-6-9-26-27(16-22)35-15-14-34-26/h4-9,16,23,25,28,33H,2-3,10-15,17-19H2,1H3. The summed E-state index contributed by atoms with van der Waals surface area (Å²) in [6, 6.07) is 13.7. The number of nitrogens with zero attached hydrogens (tertiary/aromatic N) is 3. The summed E-state index contributed by atoms with van der Waals surface area (Å²) < 4.78 is 11.4. The van der Waals surface area contributed by atoms with Gasteiger partial charge in [0.15, 0.2) is 11.5 Å². The molecule has 2 aromatic carbocycles. The van der Waals surface area contributed by atoms with Gasteiger partial charge >= 0.3 is 0 Å². The van der Waals surface area contributed by atoms with E-state index >= 15 is 0 Å². The van der Waals surface area contributed by atoms with Gasteiger partial charge in [-0.1, -0.05) is 29.8 Å². The number of halogens is 1. The van der Waals surface area contributed by atoms with Crippen molar-refractivity contribution in [2.24, 2.45) is 10.9 Å². The Morgan fingerprint density at radius 2 is 1.77 bits per heavy atom. The minimum Gasteiger partial charge on any atom is -0.486 e. The number of hydrogen-bond acceptors (Lipinski definition) is 6. The first-order valence-electron chi connectivity index (χ1n) is 12.9. The molecule has 3 heterocycles. The van der Waals surface area contributed by atoms with Crippen molar-refractivity contribution in [3.05, 3.63) is 58.6 Å². The van der Waals surface area contributed by atoms with Gasteiger partial charge < -0.3 is 19.5 Å². The van der Waals surface area contributed by atoms with E-state index in [1.807, 2.05) is 30.3 Å². The average Bonchev–Trinajstić information content (AvgIpc) is 3.57. The lowest BCUT2D eigenvalue weighted by Gasteiger charge is -2.27. The van der Waals surface area contributed by atoms with Gasteiger partial charge in [-0.2, -0.15) is 0 Å². The van der Waals surface area contributed by atoms with Crippen LogP contribution in [-0.4, -0.2) is 72.6 Å². The number of rotatable bonds is 8. The normalized spacial score (nSPS) is 22.9. The highest BCUT2D eigenvalue weighted by molar-refractivity contribution is 6.30. The molecule has 3 aliphatic heterocycles. The molecule has 0 aliphatic carbocycles. The van der Waals surface area contributed by atoms with E-state index in [0.717, 1.165) is 67.7 Å². The van der Waals surface area contributed by atoms with E-state index in [0.29, 0.717) is 24.9 Å². The number of benzene rings is 2. The molecule has 5 rings (SSSR count). The summed E-state index contributed by atoms with van der Waals surface area (Å²) in [4.78, 5) is 10.1. The summed E-state index contributed by atoms with van der Waals surface area (Å²) in [5, 5.41) is 12.2. The zero-order chi connectivity index (χ0) is 24.2. The molecule has 0 spiro atoms. The lowest BCUT2D eigenvalue weighted by molar-refractivity contribution is 0.124. The molecule has 3 atom stereocenters. The van der Waals surface area contributed by atoms with E-state index in [-0.39, 0.29) is 6.04 Å². The number of aliphatic hydroxyl groups excluding tert-OH is 1. The molecule has 0 saturated carbocycles. The Kier molecular flexibility index (Phi) is 7.93. The second kappa shape index (κ2) is 11.3. The maximum atomic E-state index is 11.5. The summed E-state index contributed by atoms with van der Waals surface area (Å²) in [5.74, 6) is 1.87. The lowest BCUT2D eigenvalue weighted by atomic mass is 9.99. The molecule has 2 saturated heterocycles. The lowest BCUT2D eigenvalue weighted by Crippen LogP contribution is -2.34. The largest absolute Gasteiger partial charge is 0.486 e. The maximum absolute atomic E-state index is 11.5. The van der Waals surface area contributed by atoms with Gasteiger partial charge in [0.05, 0.1) is 6.04 Å². The van der Waals surface area contributed by atoms with Gasteiger partial charge in [0, 0.05) is 36.3 Å². The highest BCUT2D eigenvalue weighted by atomic mass is 35.5. The zero-order valence-electron chi connectivity index (χ0n) is 20.5. The van der Waals surface area contributed by atoms with Crippen LogP contribution in [-0.2, 0) is 6.54 Å². The fraction of sp³-hybridized carbons (Fsp3) is 0.536. The van der Waals surface area contributed by atoms with Crippen molar-refractivity contribution in [3.8, 4) is 11.5 Å². The molecule has 2 fully saturated rings. The topological polar surface area (TPSA) is 57.5 Å². The van der Waals surface area contributed by atoms with Gasteiger partial charge in [-0.25, -0.2) is 0 Å². The van der Waals surface area contributed by atoms with E-state index in [1.54, 1.807) is 0 Å². The molecular weight excluding hydrogens is 462 g/mol. The average molecular weight is 498 g/mol. The predicted molar refractivity (Wildman–Crippen MR) is 140 cm³/mol. The van der Waals surface area contributed by atoms with Crippen LogP contribution < -0.4 is 9.47 Å². The third-order valence-electron chi connectivity index (χ3n) is 7.47. The summed E-state index contributed by atoms with van der Waals surface area (Å²) in [6.07, 6.45) is 2.85. The fourth-order valence-electron chi connectivity index (χ4n) is 5.44. The molecular formula is C28H36ClN3O3. The van der Waals surface area contributed by atoms with Crippen molar-refractivity contribution >= 4 is 17.3 Å². The summed E-state index contributed by atoms with van der Waals surface area (Å²) in [5.41, 5.74) is 3.26. The summed E-state index contributed by atoms with van der Waals surface area (Å²) in [6.45, 7) is 9.16. The predicted octanol–water partition coefficient (Wildman–Crippen LogP) is 4.59. The molecule has 2 aromatic rings. The van der Waals surface area contributed by atoms with E-state index in [1.165, 1.54) is 18.4 Å². The van der Waals surface area contributed by atoms with Crippen LogP contribution in [0.2, 0.25) is 5.02 Å². The van der Waals surface area contributed by atoms with Crippen LogP contribution in [0.25, 0.3) is 0 Å². The number of likely N-dealkylation sites (tertiary alicyclic amines) is 2. The minimum atomic E-state index is -0.687.